The fourth-order valence-electron chi connectivity index (χ4n) is 9.39. The Bertz CT molecular complexity index is 911. The van der Waals surface area contributed by atoms with E-state index in [1.165, 1.54) is 62.6 Å². The molecule has 0 saturated heterocycles. The van der Waals surface area contributed by atoms with Gasteiger partial charge in [-0.15, -0.1) is 0 Å². The van der Waals surface area contributed by atoms with Gasteiger partial charge in [0, 0.05) is 31.7 Å². The molecule has 0 aromatic carbocycles. The third-order valence-electron chi connectivity index (χ3n) is 10.9. The maximum absolute atomic E-state index is 4.74. The van der Waals surface area contributed by atoms with Crippen molar-refractivity contribution in [1.82, 2.24) is 14.9 Å². The van der Waals surface area contributed by atoms with E-state index in [1.807, 2.05) is 6.33 Å². The van der Waals surface area contributed by atoms with Crippen molar-refractivity contribution in [1.29, 1.82) is 0 Å². The van der Waals surface area contributed by atoms with E-state index in [0.29, 0.717) is 10.8 Å². The Kier molecular flexibility index (Phi) is 4.40. The van der Waals surface area contributed by atoms with Crippen LogP contribution < -0.4 is 5.32 Å². The van der Waals surface area contributed by atoms with Gasteiger partial charge in [0.05, 0.1) is 5.69 Å². The summed E-state index contributed by atoms with van der Waals surface area (Å²) in [7, 11) is 0. The summed E-state index contributed by atoms with van der Waals surface area (Å²) in [6, 6.07) is 0. The summed E-state index contributed by atoms with van der Waals surface area (Å²) in [5.74, 6) is 5.92. The molecule has 0 spiro atoms. The highest BCUT2D eigenvalue weighted by atomic mass is 15.1. The lowest BCUT2D eigenvalue weighted by molar-refractivity contribution is -0.0444. The molecule has 172 valence electrons. The number of nitrogens with zero attached hydrogens (tertiary/aromatic N) is 3. The molecule has 8 aliphatic rings. The van der Waals surface area contributed by atoms with Crippen molar-refractivity contribution in [2.75, 3.05) is 25.0 Å². The zero-order chi connectivity index (χ0) is 21.5. The van der Waals surface area contributed by atoms with Crippen molar-refractivity contribution in [2.24, 2.45) is 40.4 Å². The lowest BCUT2D eigenvalue weighted by Crippen LogP contribution is -2.50. The first kappa shape index (κ1) is 20.0. The number of allylic oxidation sites excluding steroid dienone is 1. The van der Waals surface area contributed by atoms with Crippen LogP contribution in [0.3, 0.4) is 0 Å². The fraction of sp³-hybridized carbons (Fsp3) is 0.786. The van der Waals surface area contributed by atoms with Crippen LogP contribution in [0.25, 0.3) is 0 Å². The van der Waals surface area contributed by atoms with Crippen molar-refractivity contribution >= 4 is 5.82 Å². The van der Waals surface area contributed by atoms with Gasteiger partial charge in [-0.05, 0) is 98.2 Å². The maximum Gasteiger partial charge on any atom is 0.132 e. The van der Waals surface area contributed by atoms with Crippen molar-refractivity contribution in [3.63, 3.8) is 0 Å². The minimum Gasteiger partial charge on any atom is -0.369 e. The van der Waals surface area contributed by atoms with Crippen LogP contribution in [0, 0.1) is 40.4 Å². The average Bonchev–Trinajstić information content (AvgIpc) is 2.76. The van der Waals surface area contributed by atoms with E-state index in [1.54, 1.807) is 5.57 Å². The Balaban J connectivity index is 1.03. The Morgan fingerprint density at radius 1 is 1.03 bits per heavy atom. The van der Waals surface area contributed by atoms with Crippen molar-refractivity contribution < 1.29 is 0 Å². The minimum absolute atomic E-state index is 0.522. The third kappa shape index (κ3) is 3.11. The Hall–Kier alpha value is -1.42. The first-order valence-corrected chi connectivity index (χ1v) is 13.5. The molecule has 32 heavy (non-hydrogen) atoms. The van der Waals surface area contributed by atoms with Crippen LogP contribution in [0.4, 0.5) is 5.82 Å². The van der Waals surface area contributed by atoms with E-state index >= 15 is 0 Å². The first-order chi connectivity index (χ1) is 15.5. The number of anilines is 1. The molecule has 1 aromatic rings. The summed E-state index contributed by atoms with van der Waals surface area (Å²) < 4.78 is 0. The lowest BCUT2D eigenvalue weighted by atomic mass is 9.49. The Morgan fingerprint density at radius 3 is 2.47 bits per heavy atom. The monoisotopic (exact) mass is 432 g/mol. The van der Waals surface area contributed by atoms with Gasteiger partial charge in [0.25, 0.3) is 0 Å². The molecule has 1 aliphatic heterocycles. The van der Waals surface area contributed by atoms with Crippen molar-refractivity contribution in [2.45, 2.75) is 78.2 Å². The summed E-state index contributed by atoms with van der Waals surface area (Å²) >= 11 is 0. The summed E-state index contributed by atoms with van der Waals surface area (Å²) in [4.78, 5) is 12.1. The van der Waals surface area contributed by atoms with Gasteiger partial charge in [0.15, 0.2) is 0 Å². The normalized spacial score (nSPS) is 41.1. The van der Waals surface area contributed by atoms with Gasteiger partial charge in [-0.1, -0.05) is 25.5 Å². The zero-order valence-corrected chi connectivity index (χ0v) is 20.1. The number of hydrogen-bond donors (Lipinski definition) is 1. The number of hydrogen-bond acceptors (Lipinski definition) is 4. The molecule has 1 N–H and O–H groups in total. The highest BCUT2D eigenvalue weighted by molar-refractivity contribution is 5.47. The standard InChI is InChI=1S/C28H40N4/c1-27(2)22-4-3-21(24(27)10-22)14-32-6-5-23-25(15-32)30-17-31-26(23)29-16-28-11-18-7-19(12-28)9-20(8-18)13-28/h3,17-20,22,24H,4-16H2,1-2H3,(H,29,30,31). The van der Waals surface area contributed by atoms with Crippen molar-refractivity contribution in [3.8, 4) is 0 Å². The second-order valence-electron chi connectivity index (χ2n) is 13.2. The molecule has 4 heteroatoms. The molecule has 1 aromatic heterocycles. The molecular weight excluding hydrogens is 392 g/mol. The van der Waals surface area contributed by atoms with Crippen LogP contribution in [-0.2, 0) is 13.0 Å². The molecule has 0 radical (unpaired) electrons. The van der Waals surface area contributed by atoms with E-state index in [2.05, 4.69) is 30.1 Å². The smallest absolute Gasteiger partial charge is 0.132 e. The number of fused-ring (bicyclic) bond motifs is 2. The SMILES string of the molecule is CC1(C)C2CC=C(CN3CCc4c(ncnc4NCC45CC6CC(CC(C6)C4)C5)C3)C1C2. The number of aromatic nitrogens is 2. The second kappa shape index (κ2) is 7.04. The molecule has 7 aliphatic carbocycles. The lowest BCUT2D eigenvalue weighted by Gasteiger charge is -2.57. The molecule has 2 heterocycles. The predicted octanol–water partition coefficient (Wildman–Crippen LogP) is 5.46. The number of nitrogens with one attached hydrogen (secondary N) is 1. The fourth-order valence-corrected chi connectivity index (χ4v) is 9.39. The van der Waals surface area contributed by atoms with Gasteiger partial charge in [0.2, 0.25) is 0 Å². The molecule has 2 unspecified atom stereocenters. The van der Waals surface area contributed by atoms with E-state index in [0.717, 1.165) is 68.0 Å². The largest absolute Gasteiger partial charge is 0.369 e. The third-order valence-corrected chi connectivity index (χ3v) is 10.9. The zero-order valence-electron chi connectivity index (χ0n) is 20.1. The van der Waals surface area contributed by atoms with Gasteiger partial charge in [0.1, 0.15) is 12.1 Å². The molecule has 5 saturated carbocycles. The topological polar surface area (TPSA) is 41.1 Å². The van der Waals surface area contributed by atoms with Crippen LogP contribution in [0.15, 0.2) is 18.0 Å². The first-order valence-electron chi connectivity index (χ1n) is 13.5. The van der Waals surface area contributed by atoms with Gasteiger partial charge in [-0.2, -0.15) is 0 Å². The van der Waals surface area contributed by atoms with Crippen LogP contribution in [0.1, 0.15) is 76.5 Å². The van der Waals surface area contributed by atoms with Crippen LogP contribution >= 0.6 is 0 Å². The van der Waals surface area contributed by atoms with Crippen LogP contribution in [-0.4, -0.2) is 34.5 Å². The van der Waals surface area contributed by atoms with E-state index in [-0.39, 0.29) is 0 Å². The van der Waals surface area contributed by atoms with Crippen molar-refractivity contribution in [3.05, 3.63) is 29.2 Å². The minimum atomic E-state index is 0.522. The van der Waals surface area contributed by atoms with Gasteiger partial charge < -0.3 is 5.32 Å². The van der Waals surface area contributed by atoms with E-state index in [9.17, 15) is 0 Å². The second-order valence-corrected chi connectivity index (χ2v) is 13.2. The van der Waals surface area contributed by atoms with E-state index < -0.39 is 0 Å². The quantitative estimate of drug-likeness (QED) is 0.628. The summed E-state index contributed by atoms with van der Waals surface area (Å²) in [5.41, 5.74) is 5.44. The highest BCUT2D eigenvalue weighted by Crippen LogP contribution is 2.60. The van der Waals surface area contributed by atoms with Gasteiger partial charge in [-0.25, -0.2) is 9.97 Å². The number of rotatable bonds is 5. The molecular formula is C28H40N4. The molecule has 6 bridgehead atoms. The summed E-state index contributed by atoms with van der Waals surface area (Å²) in [6.45, 7) is 9.37. The average molecular weight is 433 g/mol. The molecule has 4 nitrogen and oxygen atoms in total. The maximum atomic E-state index is 4.74. The van der Waals surface area contributed by atoms with Gasteiger partial charge >= 0.3 is 0 Å². The van der Waals surface area contributed by atoms with E-state index in [4.69, 9.17) is 9.97 Å². The predicted molar refractivity (Wildman–Crippen MR) is 128 cm³/mol. The molecule has 2 atom stereocenters. The summed E-state index contributed by atoms with van der Waals surface area (Å²) in [6.07, 6.45) is 17.1. The molecule has 0 amide bonds. The molecule has 9 rings (SSSR count). The Morgan fingerprint density at radius 2 is 1.78 bits per heavy atom. The molecule has 5 fully saturated rings. The Labute approximate surface area is 193 Å². The van der Waals surface area contributed by atoms with Crippen LogP contribution in [0.2, 0.25) is 0 Å². The summed E-state index contributed by atoms with van der Waals surface area (Å²) in [5, 5.41) is 3.87. The van der Waals surface area contributed by atoms with Gasteiger partial charge in [-0.3, -0.25) is 4.90 Å². The highest BCUT2D eigenvalue weighted by Gasteiger charge is 2.52. The van der Waals surface area contributed by atoms with Crippen LogP contribution in [0.5, 0.6) is 0 Å².